The first-order chi connectivity index (χ1) is 14.9. The van der Waals surface area contributed by atoms with Gasteiger partial charge < -0.3 is 9.72 Å². The van der Waals surface area contributed by atoms with Crippen molar-refractivity contribution in [2.75, 3.05) is 18.9 Å². The Hall–Kier alpha value is -3.26. The van der Waals surface area contributed by atoms with Crippen molar-refractivity contribution >= 4 is 28.3 Å². The largest absolute Gasteiger partial charge is 0.305 e. The van der Waals surface area contributed by atoms with Crippen LogP contribution in [0.25, 0.3) is 16.6 Å². The number of anilines is 1. The molecule has 1 N–H and O–H groups in total. The fourth-order valence-electron chi connectivity index (χ4n) is 4.66. The minimum atomic E-state index is -0.200. The molecular weight excluding hydrogens is 390 g/mol. The van der Waals surface area contributed by atoms with Crippen molar-refractivity contribution in [3.05, 3.63) is 53.7 Å². The highest BCUT2D eigenvalue weighted by Gasteiger charge is 2.31. The van der Waals surface area contributed by atoms with Gasteiger partial charge in [-0.05, 0) is 38.4 Å². The normalized spacial score (nSPS) is 19.5. The number of imidazole rings is 1. The summed E-state index contributed by atoms with van der Waals surface area (Å²) in [5.74, 6) is 1.01. The van der Waals surface area contributed by atoms with Crippen LogP contribution in [0.4, 0.5) is 5.82 Å². The summed E-state index contributed by atoms with van der Waals surface area (Å²) in [6.07, 6.45) is 7.90. The van der Waals surface area contributed by atoms with E-state index >= 15 is 0 Å². The summed E-state index contributed by atoms with van der Waals surface area (Å²) in [6, 6.07) is 5.95. The van der Waals surface area contributed by atoms with Crippen molar-refractivity contribution in [1.29, 1.82) is 0 Å². The molecule has 4 aromatic rings. The zero-order chi connectivity index (χ0) is 21.7. The molecule has 0 aliphatic carbocycles. The lowest BCUT2D eigenvalue weighted by Crippen LogP contribution is -2.18. The molecule has 2 unspecified atom stereocenters. The molecule has 5 rings (SSSR count). The summed E-state index contributed by atoms with van der Waals surface area (Å²) in [6.45, 7) is 5.32. The minimum Gasteiger partial charge on any atom is -0.305 e. The molecular formula is C23H27N7O. The molecule has 8 nitrogen and oxygen atoms in total. The van der Waals surface area contributed by atoms with Crippen molar-refractivity contribution in [2.45, 2.75) is 32.7 Å². The van der Waals surface area contributed by atoms with E-state index in [1.165, 1.54) is 6.42 Å². The van der Waals surface area contributed by atoms with E-state index in [1.807, 2.05) is 42.8 Å². The molecule has 31 heavy (non-hydrogen) atoms. The van der Waals surface area contributed by atoms with Gasteiger partial charge in [-0.25, -0.2) is 9.97 Å². The van der Waals surface area contributed by atoms with Crippen LogP contribution >= 0.6 is 0 Å². The Morgan fingerprint density at radius 3 is 2.87 bits per heavy atom. The van der Waals surface area contributed by atoms with Gasteiger partial charge in [-0.3, -0.25) is 14.4 Å². The molecule has 0 bridgehead atoms. The monoisotopic (exact) mass is 417 g/mol. The van der Waals surface area contributed by atoms with Crippen LogP contribution in [0.3, 0.4) is 0 Å². The maximum Gasteiger partial charge on any atom is 0.256 e. The number of carbonyl (C=O) groups excluding carboxylic acids is 1. The fourth-order valence-corrected chi connectivity index (χ4v) is 4.66. The number of amides is 1. The van der Waals surface area contributed by atoms with E-state index in [0.29, 0.717) is 23.3 Å². The first-order valence-electron chi connectivity index (χ1n) is 10.7. The summed E-state index contributed by atoms with van der Waals surface area (Å²) >= 11 is 0. The van der Waals surface area contributed by atoms with E-state index in [-0.39, 0.29) is 5.91 Å². The standard InChI is InChI=1S/C23H27N7O/c1-5-15-8-20(28(3)11-15)18-12-30-13-21(24-10-22(30)25-18)26-23(31)16-6-7-17-14(2)27-29(4)19(17)9-16/h6-7,9-10,12-13,15,20H,5,8,11H2,1-4H3,(H,26,31). The summed E-state index contributed by atoms with van der Waals surface area (Å²) < 4.78 is 3.74. The molecule has 1 aliphatic rings. The van der Waals surface area contributed by atoms with E-state index in [0.717, 1.165) is 40.9 Å². The predicted octanol–water partition coefficient (Wildman–Crippen LogP) is 3.58. The van der Waals surface area contributed by atoms with Crippen LogP contribution in [-0.4, -0.2) is 48.5 Å². The lowest BCUT2D eigenvalue weighted by atomic mass is 10.0. The Morgan fingerprint density at radius 2 is 2.10 bits per heavy atom. The molecule has 0 spiro atoms. The van der Waals surface area contributed by atoms with Gasteiger partial charge in [0, 0.05) is 30.7 Å². The summed E-state index contributed by atoms with van der Waals surface area (Å²) in [5, 5.41) is 8.37. The third-order valence-corrected chi connectivity index (χ3v) is 6.45. The molecule has 4 heterocycles. The number of fused-ring (bicyclic) bond motifs is 2. The van der Waals surface area contributed by atoms with Gasteiger partial charge in [-0.2, -0.15) is 5.10 Å². The third-order valence-electron chi connectivity index (χ3n) is 6.45. The number of aryl methyl sites for hydroxylation is 2. The van der Waals surface area contributed by atoms with Crippen LogP contribution in [0.2, 0.25) is 0 Å². The first-order valence-corrected chi connectivity index (χ1v) is 10.7. The molecule has 160 valence electrons. The predicted molar refractivity (Wildman–Crippen MR) is 120 cm³/mol. The number of nitrogens with one attached hydrogen (secondary N) is 1. The van der Waals surface area contributed by atoms with Gasteiger partial charge in [0.05, 0.1) is 35.3 Å². The number of likely N-dealkylation sites (tertiary alicyclic amines) is 1. The molecule has 3 aromatic heterocycles. The Morgan fingerprint density at radius 1 is 1.26 bits per heavy atom. The van der Waals surface area contributed by atoms with Crippen LogP contribution in [0, 0.1) is 12.8 Å². The maximum absolute atomic E-state index is 12.8. The smallest absolute Gasteiger partial charge is 0.256 e. The van der Waals surface area contributed by atoms with E-state index < -0.39 is 0 Å². The molecule has 0 saturated carbocycles. The maximum atomic E-state index is 12.8. The Bertz CT molecular complexity index is 1290. The molecule has 1 fully saturated rings. The second-order valence-corrected chi connectivity index (χ2v) is 8.56. The Kier molecular flexibility index (Phi) is 4.74. The Balaban J connectivity index is 1.38. The average molecular weight is 418 g/mol. The third kappa shape index (κ3) is 3.46. The molecule has 2 atom stereocenters. The van der Waals surface area contributed by atoms with Crippen molar-refractivity contribution in [3.8, 4) is 0 Å². The van der Waals surface area contributed by atoms with E-state index in [2.05, 4.69) is 40.5 Å². The quantitative estimate of drug-likeness (QED) is 0.549. The van der Waals surface area contributed by atoms with Crippen LogP contribution in [-0.2, 0) is 7.05 Å². The molecule has 1 aliphatic heterocycles. The van der Waals surface area contributed by atoms with Crippen molar-refractivity contribution in [3.63, 3.8) is 0 Å². The van der Waals surface area contributed by atoms with Crippen LogP contribution in [0.1, 0.15) is 47.6 Å². The molecule has 1 amide bonds. The van der Waals surface area contributed by atoms with Crippen molar-refractivity contribution in [1.82, 2.24) is 29.0 Å². The zero-order valence-corrected chi connectivity index (χ0v) is 18.3. The van der Waals surface area contributed by atoms with Gasteiger partial charge >= 0.3 is 0 Å². The van der Waals surface area contributed by atoms with Gasteiger partial charge in [0.25, 0.3) is 5.91 Å². The van der Waals surface area contributed by atoms with Crippen LogP contribution in [0.15, 0.2) is 36.8 Å². The van der Waals surface area contributed by atoms with E-state index in [9.17, 15) is 4.79 Å². The molecule has 0 radical (unpaired) electrons. The van der Waals surface area contributed by atoms with Crippen molar-refractivity contribution in [2.24, 2.45) is 13.0 Å². The first kappa shape index (κ1) is 19.7. The number of carbonyl (C=O) groups is 1. The summed E-state index contributed by atoms with van der Waals surface area (Å²) in [5.41, 5.74) is 4.29. The van der Waals surface area contributed by atoms with Crippen LogP contribution < -0.4 is 5.32 Å². The zero-order valence-electron chi connectivity index (χ0n) is 18.3. The highest BCUT2D eigenvalue weighted by Crippen LogP contribution is 2.35. The second-order valence-electron chi connectivity index (χ2n) is 8.56. The summed E-state index contributed by atoms with van der Waals surface area (Å²) in [7, 11) is 4.04. The minimum absolute atomic E-state index is 0.200. The van der Waals surface area contributed by atoms with Gasteiger partial charge in [0.1, 0.15) is 5.82 Å². The van der Waals surface area contributed by atoms with E-state index in [4.69, 9.17) is 4.98 Å². The second kappa shape index (κ2) is 7.46. The average Bonchev–Trinajstić information content (AvgIpc) is 3.42. The van der Waals surface area contributed by atoms with Gasteiger partial charge in [-0.1, -0.05) is 19.4 Å². The summed E-state index contributed by atoms with van der Waals surface area (Å²) in [4.78, 5) is 24.4. The number of benzene rings is 1. The van der Waals surface area contributed by atoms with Crippen LogP contribution in [0.5, 0.6) is 0 Å². The number of aromatic nitrogens is 5. The Labute approximate surface area is 180 Å². The van der Waals surface area contributed by atoms with Crippen molar-refractivity contribution < 1.29 is 4.79 Å². The molecule has 1 saturated heterocycles. The van der Waals surface area contributed by atoms with E-state index in [1.54, 1.807) is 10.9 Å². The van der Waals surface area contributed by atoms with Gasteiger partial charge in [0.15, 0.2) is 5.65 Å². The fraction of sp³-hybridized carbons (Fsp3) is 0.391. The van der Waals surface area contributed by atoms with Gasteiger partial charge in [-0.15, -0.1) is 0 Å². The lowest BCUT2D eigenvalue weighted by molar-refractivity contribution is 0.102. The SMILES string of the molecule is CCC1CC(c2cn3cc(NC(=O)c4ccc5c(C)nn(C)c5c4)ncc3n2)N(C)C1. The highest BCUT2D eigenvalue weighted by atomic mass is 16.1. The molecule has 1 aromatic carbocycles. The van der Waals surface area contributed by atoms with Gasteiger partial charge in [0.2, 0.25) is 0 Å². The molecule has 8 heteroatoms. The number of hydrogen-bond acceptors (Lipinski definition) is 5. The number of hydrogen-bond donors (Lipinski definition) is 1. The highest BCUT2D eigenvalue weighted by molar-refractivity contribution is 6.05. The topological polar surface area (TPSA) is 80.3 Å². The number of nitrogens with zero attached hydrogens (tertiary/aromatic N) is 6. The lowest BCUT2D eigenvalue weighted by Gasteiger charge is -2.16. The number of rotatable bonds is 4.